The van der Waals surface area contributed by atoms with Gasteiger partial charge in [0, 0.05) is 65.0 Å². The summed E-state index contributed by atoms with van der Waals surface area (Å²) < 4.78 is 5.46. The minimum absolute atomic E-state index is 0.100. The van der Waals surface area contributed by atoms with Gasteiger partial charge < -0.3 is 20.7 Å². The molecule has 1 saturated heterocycles. The Morgan fingerprint density at radius 2 is 1.23 bits per heavy atom. The molecule has 31 heavy (non-hydrogen) atoms. The summed E-state index contributed by atoms with van der Waals surface area (Å²) in [6.45, 7) is 9.96. The van der Waals surface area contributed by atoms with E-state index in [1.807, 2.05) is 0 Å². The zero-order chi connectivity index (χ0) is 22.4. The molecule has 0 aliphatic carbocycles. The second-order valence-electron chi connectivity index (χ2n) is 8.27. The molecule has 0 saturated carbocycles. The van der Waals surface area contributed by atoms with Crippen LogP contribution in [0.5, 0.6) is 0 Å². The van der Waals surface area contributed by atoms with Crippen LogP contribution in [0.4, 0.5) is 0 Å². The highest BCUT2D eigenvalue weighted by Gasteiger charge is 2.11. The molecule has 0 aromatic carbocycles. The van der Waals surface area contributed by atoms with Crippen molar-refractivity contribution >= 4 is 22.8 Å². The van der Waals surface area contributed by atoms with Crippen molar-refractivity contribution in [3.8, 4) is 0 Å². The van der Waals surface area contributed by atoms with Crippen molar-refractivity contribution in [3.05, 3.63) is 0 Å². The molecule has 0 bridgehead atoms. The Balaban J connectivity index is 1.94. The van der Waals surface area contributed by atoms with Crippen LogP contribution in [0.1, 0.15) is 64.7 Å². The van der Waals surface area contributed by atoms with E-state index in [4.69, 9.17) is 4.74 Å². The highest BCUT2D eigenvalue weighted by molar-refractivity contribution is 8.13. The number of nitrogens with zero attached hydrogens (tertiary/aromatic N) is 1. The molecule has 0 atom stereocenters. The lowest BCUT2D eigenvalue weighted by atomic mass is 10.1. The first kappa shape index (κ1) is 28.4. The average molecular weight is 459 g/mol. The van der Waals surface area contributed by atoms with Crippen LogP contribution in [-0.4, -0.2) is 87.2 Å². The van der Waals surface area contributed by atoms with Crippen LogP contribution in [0.2, 0.25) is 0 Å². The van der Waals surface area contributed by atoms with E-state index < -0.39 is 0 Å². The van der Waals surface area contributed by atoms with Crippen molar-refractivity contribution < 1.29 is 14.3 Å². The molecule has 0 amide bonds. The van der Waals surface area contributed by atoms with Gasteiger partial charge in [0.1, 0.15) is 0 Å². The third-order valence-electron chi connectivity index (χ3n) is 5.38. The van der Waals surface area contributed by atoms with Gasteiger partial charge in [-0.2, -0.15) is 0 Å². The molecule has 0 unspecified atom stereocenters. The lowest BCUT2D eigenvalue weighted by Gasteiger charge is -2.22. The largest absolute Gasteiger partial charge is 0.465 e. The topological polar surface area (TPSA) is 82.7 Å². The molecule has 3 N–H and O–H groups in total. The molecule has 8 heteroatoms. The summed E-state index contributed by atoms with van der Waals surface area (Å²) in [6, 6.07) is 0. The summed E-state index contributed by atoms with van der Waals surface area (Å²) in [5, 5.41) is 10.4. The van der Waals surface area contributed by atoms with Crippen molar-refractivity contribution in [3.63, 3.8) is 0 Å². The monoisotopic (exact) mass is 458 g/mol. The quantitative estimate of drug-likeness (QED) is 0.270. The van der Waals surface area contributed by atoms with Gasteiger partial charge in [0.15, 0.2) is 5.12 Å². The molecule has 0 aromatic rings. The number of hydrogen-bond acceptors (Lipinski definition) is 8. The van der Waals surface area contributed by atoms with Crippen molar-refractivity contribution in [2.24, 2.45) is 0 Å². The van der Waals surface area contributed by atoms with E-state index in [2.05, 4.69) is 20.9 Å². The number of nitrogens with one attached hydrogen (secondary N) is 3. The summed E-state index contributed by atoms with van der Waals surface area (Å²) in [5.41, 5.74) is 0. The zero-order valence-corrected chi connectivity index (χ0v) is 20.5. The van der Waals surface area contributed by atoms with Crippen molar-refractivity contribution in [2.75, 3.05) is 71.3 Å². The van der Waals surface area contributed by atoms with Crippen molar-refractivity contribution in [1.82, 2.24) is 20.9 Å². The molecule has 0 radical (unpaired) electrons. The fourth-order valence-electron chi connectivity index (χ4n) is 3.54. The minimum Gasteiger partial charge on any atom is -0.465 e. The van der Waals surface area contributed by atoms with Crippen LogP contribution in [0.15, 0.2) is 0 Å². The average Bonchev–Trinajstić information content (AvgIpc) is 2.73. The number of carbonyl (C=O) groups is 2. The first-order chi connectivity index (χ1) is 15.2. The van der Waals surface area contributed by atoms with Gasteiger partial charge >= 0.3 is 5.97 Å². The van der Waals surface area contributed by atoms with Gasteiger partial charge in [-0.3, -0.25) is 14.5 Å². The first-order valence-corrected chi connectivity index (χ1v) is 13.3. The van der Waals surface area contributed by atoms with Gasteiger partial charge in [-0.15, -0.1) is 0 Å². The molecule has 1 aliphatic rings. The molecule has 0 spiro atoms. The molecule has 1 fully saturated rings. The van der Waals surface area contributed by atoms with Gasteiger partial charge in [0.25, 0.3) is 0 Å². The predicted octanol–water partition coefficient (Wildman–Crippen LogP) is 2.40. The number of esters is 1. The molecule has 1 aliphatic heterocycles. The SMILES string of the molecule is CC(=O)SCCCCCCCCCCCOC(=O)CN1CCNCCNCCNCC1. The maximum absolute atomic E-state index is 12.2. The second kappa shape index (κ2) is 21.2. The summed E-state index contributed by atoms with van der Waals surface area (Å²) in [5.74, 6) is 0.869. The van der Waals surface area contributed by atoms with Crippen LogP contribution in [0.3, 0.4) is 0 Å². The van der Waals surface area contributed by atoms with E-state index in [1.54, 1.807) is 6.92 Å². The van der Waals surface area contributed by atoms with E-state index in [0.29, 0.717) is 13.2 Å². The van der Waals surface area contributed by atoms with Gasteiger partial charge in [-0.05, 0) is 12.8 Å². The highest BCUT2D eigenvalue weighted by Crippen LogP contribution is 2.12. The number of thioether (sulfide) groups is 1. The van der Waals surface area contributed by atoms with Crippen LogP contribution < -0.4 is 16.0 Å². The summed E-state index contributed by atoms with van der Waals surface area (Å²) in [4.78, 5) is 25.2. The van der Waals surface area contributed by atoms with Crippen LogP contribution in [0, 0.1) is 0 Å². The van der Waals surface area contributed by atoms with Crippen LogP contribution in [0.25, 0.3) is 0 Å². The fraction of sp³-hybridized carbons (Fsp3) is 0.913. The van der Waals surface area contributed by atoms with Crippen molar-refractivity contribution in [2.45, 2.75) is 64.7 Å². The van der Waals surface area contributed by atoms with Crippen molar-refractivity contribution in [1.29, 1.82) is 0 Å². The van der Waals surface area contributed by atoms with E-state index >= 15 is 0 Å². The smallest absolute Gasteiger partial charge is 0.320 e. The Morgan fingerprint density at radius 1 is 0.742 bits per heavy atom. The van der Waals surface area contributed by atoms with E-state index in [0.717, 1.165) is 77.4 Å². The normalized spacial score (nSPS) is 16.9. The fourth-order valence-corrected chi connectivity index (χ4v) is 4.18. The number of hydrogen-bond donors (Lipinski definition) is 3. The lowest BCUT2D eigenvalue weighted by Crippen LogP contribution is -2.43. The van der Waals surface area contributed by atoms with E-state index in [1.165, 1.54) is 50.3 Å². The van der Waals surface area contributed by atoms with E-state index in [9.17, 15) is 9.59 Å². The Hall–Kier alpha value is -0.670. The lowest BCUT2D eigenvalue weighted by molar-refractivity contribution is -0.145. The summed E-state index contributed by atoms with van der Waals surface area (Å²) in [7, 11) is 0. The molecule has 1 heterocycles. The molecule has 182 valence electrons. The molecular formula is C23H46N4O3S. The Labute approximate surface area is 194 Å². The maximum atomic E-state index is 12.2. The maximum Gasteiger partial charge on any atom is 0.320 e. The van der Waals surface area contributed by atoms with Crippen LogP contribution >= 0.6 is 11.8 Å². The van der Waals surface area contributed by atoms with E-state index in [-0.39, 0.29) is 11.1 Å². The molecule has 1 rings (SSSR count). The third kappa shape index (κ3) is 19.7. The van der Waals surface area contributed by atoms with Gasteiger partial charge in [0.05, 0.1) is 13.2 Å². The molecule has 7 nitrogen and oxygen atoms in total. The Morgan fingerprint density at radius 3 is 1.77 bits per heavy atom. The number of carbonyl (C=O) groups excluding carboxylic acids is 2. The summed E-state index contributed by atoms with van der Waals surface area (Å²) >= 11 is 1.44. The van der Waals surface area contributed by atoms with Gasteiger partial charge in [0.2, 0.25) is 0 Å². The minimum atomic E-state index is -0.100. The standard InChI is InChI=1S/C23H46N4O3S/c1-22(28)31-20-10-8-6-4-2-3-5-7-9-19-30-23(29)21-27-17-15-25-13-11-24-12-14-26-16-18-27/h24-26H,2-21H2,1H3. The summed E-state index contributed by atoms with van der Waals surface area (Å²) in [6.07, 6.45) is 10.8. The van der Waals surface area contributed by atoms with Gasteiger partial charge in [-0.25, -0.2) is 0 Å². The molecule has 0 aromatic heterocycles. The van der Waals surface area contributed by atoms with Crippen LogP contribution in [-0.2, 0) is 14.3 Å². The highest BCUT2D eigenvalue weighted by atomic mass is 32.2. The Bertz CT molecular complexity index is 443. The predicted molar refractivity (Wildman–Crippen MR) is 131 cm³/mol. The molecular weight excluding hydrogens is 412 g/mol. The number of rotatable bonds is 14. The second-order valence-corrected chi connectivity index (χ2v) is 9.54. The van der Waals surface area contributed by atoms with Gasteiger partial charge in [-0.1, -0.05) is 56.7 Å². The number of ether oxygens (including phenoxy) is 1. The number of unbranched alkanes of at least 4 members (excludes halogenated alkanes) is 8. The Kier molecular flexibility index (Phi) is 19.4. The third-order valence-corrected chi connectivity index (χ3v) is 6.28. The first-order valence-electron chi connectivity index (χ1n) is 12.3. The zero-order valence-electron chi connectivity index (χ0n) is 19.7.